The van der Waals surface area contributed by atoms with Gasteiger partial charge in [-0.1, -0.05) is 36.4 Å². The lowest BCUT2D eigenvalue weighted by molar-refractivity contribution is -0.266. The van der Waals surface area contributed by atoms with Gasteiger partial charge in [-0.15, -0.1) is 0 Å². The van der Waals surface area contributed by atoms with E-state index >= 15 is 0 Å². The number of hydrogen-bond donors (Lipinski definition) is 4. The summed E-state index contributed by atoms with van der Waals surface area (Å²) < 4.78 is 8.96. The highest BCUT2D eigenvalue weighted by atomic mass is 16.8. The molecule has 2 aliphatic rings. The lowest BCUT2D eigenvalue weighted by Gasteiger charge is -2.34. The number of aliphatic hydroxyl groups excluding tert-OH is 3. The minimum Gasteiger partial charge on any atom is -0.388 e. The molecule has 0 spiro atoms. The summed E-state index contributed by atoms with van der Waals surface area (Å²) in [5.41, 5.74) is 3.20. The number of amides is 2. The third kappa shape index (κ3) is 2.58. The number of para-hydroxylation sites is 2. The molecule has 4 N–H and O–H groups in total. The number of hydrogen-bond acceptors (Lipinski definition) is 7. The predicted molar refractivity (Wildman–Crippen MR) is 130 cm³/mol. The Balaban J connectivity index is 1.65. The van der Waals surface area contributed by atoms with E-state index in [0.717, 1.165) is 10.9 Å². The molecule has 4 heterocycles. The standard InChI is InChI=1S/C26H21N3O7/c1-28-13-8-4-2-6-11(13)16-18-19(25(34)27-24(18)33)17-12-7-3-5-9-14(12)29(21(17)20(16)28)36-26-23(32)22(31)15(30)10-35-26/h2-9,15,22-23,26,30-32H,10H2,1H3,(H,27,33,34)/t15-,22-,23+,26+/m0/s1. The number of aliphatic hydroxyl groups is 3. The van der Waals surface area contributed by atoms with Gasteiger partial charge in [-0.2, -0.15) is 4.73 Å². The molecule has 0 bridgehead atoms. The Morgan fingerprint density at radius 3 is 2.14 bits per heavy atom. The number of carbonyl (C=O) groups excluding carboxylic acids is 2. The van der Waals surface area contributed by atoms with Crippen LogP contribution < -0.4 is 10.2 Å². The zero-order chi connectivity index (χ0) is 24.9. The van der Waals surface area contributed by atoms with E-state index in [9.17, 15) is 24.9 Å². The summed E-state index contributed by atoms with van der Waals surface area (Å²) in [5.74, 6) is -0.954. The number of nitrogens with one attached hydrogen (secondary N) is 1. The van der Waals surface area contributed by atoms with E-state index < -0.39 is 36.4 Å². The summed E-state index contributed by atoms with van der Waals surface area (Å²) in [5, 5.41) is 35.7. The van der Waals surface area contributed by atoms with E-state index in [1.807, 2.05) is 54.1 Å². The smallest absolute Gasteiger partial charge is 0.259 e. The molecule has 0 radical (unpaired) electrons. The van der Waals surface area contributed by atoms with Crippen molar-refractivity contribution in [1.82, 2.24) is 14.6 Å². The van der Waals surface area contributed by atoms with Crippen molar-refractivity contribution in [3.05, 3.63) is 59.7 Å². The molecule has 3 aromatic carbocycles. The molecule has 2 amide bonds. The summed E-state index contributed by atoms with van der Waals surface area (Å²) in [6, 6.07) is 14.9. The fraction of sp³-hybridized carbons (Fsp3) is 0.231. The van der Waals surface area contributed by atoms with Gasteiger partial charge in [0.2, 0.25) is 0 Å². The zero-order valence-corrected chi connectivity index (χ0v) is 19.0. The second-order valence-electron chi connectivity index (χ2n) is 9.22. The van der Waals surface area contributed by atoms with Crippen LogP contribution in [0, 0.1) is 0 Å². The van der Waals surface area contributed by atoms with Gasteiger partial charge in [0.25, 0.3) is 18.1 Å². The average Bonchev–Trinajstić information content (AvgIpc) is 3.47. The maximum atomic E-state index is 13.1. The van der Waals surface area contributed by atoms with Gasteiger partial charge in [-0.05, 0) is 12.1 Å². The number of imide groups is 1. The number of aryl methyl sites for hydroxylation is 1. The van der Waals surface area contributed by atoms with Gasteiger partial charge in [-0.3, -0.25) is 14.9 Å². The van der Waals surface area contributed by atoms with Crippen molar-refractivity contribution in [2.75, 3.05) is 6.61 Å². The van der Waals surface area contributed by atoms with Gasteiger partial charge in [0.1, 0.15) is 23.8 Å². The van der Waals surface area contributed by atoms with Crippen LogP contribution in [0.15, 0.2) is 48.5 Å². The van der Waals surface area contributed by atoms with Crippen molar-refractivity contribution in [2.45, 2.75) is 24.6 Å². The third-order valence-electron chi connectivity index (χ3n) is 7.26. The van der Waals surface area contributed by atoms with Gasteiger partial charge in [0.05, 0.1) is 28.8 Å². The van der Waals surface area contributed by atoms with Crippen LogP contribution in [0.5, 0.6) is 0 Å². The Hall–Kier alpha value is -3.96. The molecular formula is C26H21N3O7. The molecule has 4 atom stereocenters. The van der Waals surface area contributed by atoms with E-state index in [-0.39, 0.29) is 12.2 Å². The van der Waals surface area contributed by atoms with Gasteiger partial charge in [0.15, 0.2) is 0 Å². The van der Waals surface area contributed by atoms with Gasteiger partial charge in [0, 0.05) is 34.1 Å². The fourth-order valence-electron chi connectivity index (χ4n) is 5.62. The Kier molecular flexibility index (Phi) is 4.31. The van der Waals surface area contributed by atoms with Gasteiger partial charge < -0.3 is 29.5 Å². The van der Waals surface area contributed by atoms with Crippen molar-refractivity contribution in [2.24, 2.45) is 7.05 Å². The summed E-state index contributed by atoms with van der Waals surface area (Å²) in [6.07, 6.45) is -5.52. The lowest BCUT2D eigenvalue weighted by atomic mass is 9.97. The fourth-order valence-corrected chi connectivity index (χ4v) is 5.62. The third-order valence-corrected chi connectivity index (χ3v) is 7.26. The predicted octanol–water partition coefficient (Wildman–Crippen LogP) is 1.19. The topological polar surface area (TPSA) is 135 Å². The highest BCUT2D eigenvalue weighted by Gasteiger charge is 2.41. The SMILES string of the molecule is Cn1c2ccccc2c2c3c(c4c5ccccc5n(O[C@H]5OC[C@H](O)[C@H](O)[C@H]5O)c4c21)C(=O)NC3=O. The van der Waals surface area contributed by atoms with Crippen molar-refractivity contribution < 1.29 is 34.5 Å². The van der Waals surface area contributed by atoms with E-state index in [1.54, 1.807) is 6.07 Å². The molecule has 5 aromatic rings. The second kappa shape index (κ2) is 7.28. The molecule has 0 unspecified atom stereocenters. The molecule has 10 heteroatoms. The monoisotopic (exact) mass is 487 g/mol. The largest absolute Gasteiger partial charge is 0.388 e. The van der Waals surface area contributed by atoms with Crippen LogP contribution in [0.25, 0.3) is 43.6 Å². The molecule has 2 aliphatic heterocycles. The molecule has 7 rings (SSSR count). The summed E-state index contributed by atoms with van der Waals surface area (Å²) in [7, 11) is 1.87. The molecular weight excluding hydrogens is 466 g/mol. The highest BCUT2D eigenvalue weighted by Crippen LogP contribution is 2.44. The Morgan fingerprint density at radius 2 is 1.44 bits per heavy atom. The van der Waals surface area contributed by atoms with E-state index in [4.69, 9.17) is 9.57 Å². The Bertz CT molecular complexity index is 1770. The van der Waals surface area contributed by atoms with Crippen LogP contribution >= 0.6 is 0 Å². The number of aromatic nitrogens is 2. The van der Waals surface area contributed by atoms with Crippen LogP contribution in [-0.4, -0.2) is 67.6 Å². The van der Waals surface area contributed by atoms with Gasteiger partial charge >= 0.3 is 0 Å². The first kappa shape index (κ1) is 21.3. The van der Waals surface area contributed by atoms with Crippen LogP contribution in [0.4, 0.5) is 0 Å². The molecule has 1 fully saturated rings. The molecule has 182 valence electrons. The van der Waals surface area contributed by atoms with E-state index in [0.29, 0.717) is 38.3 Å². The first-order valence-electron chi connectivity index (χ1n) is 11.5. The number of fused-ring (bicyclic) bond motifs is 10. The Labute approximate surface area is 202 Å². The molecule has 2 aromatic heterocycles. The molecule has 36 heavy (non-hydrogen) atoms. The maximum absolute atomic E-state index is 13.1. The van der Waals surface area contributed by atoms with Crippen LogP contribution in [0.2, 0.25) is 0 Å². The first-order valence-corrected chi connectivity index (χ1v) is 11.5. The first-order chi connectivity index (χ1) is 17.4. The second-order valence-corrected chi connectivity index (χ2v) is 9.22. The van der Waals surface area contributed by atoms with Crippen LogP contribution in [0.3, 0.4) is 0 Å². The number of carbonyl (C=O) groups is 2. The maximum Gasteiger partial charge on any atom is 0.259 e. The van der Waals surface area contributed by atoms with Crippen LogP contribution in [0.1, 0.15) is 20.7 Å². The minimum absolute atomic E-state index is 0.226. The summed E-state index contributed by atoms with van der Waals surface area (Å²) >= 11 is 0. The van der Waals surface area contributed by atoms with E-state index in [2.05, 4.69) is 5.32 Å². The van der Waals surface area contributed by atoms with Crippen molar-refractivity contribution >= 4 is 55.4 Å². The number of ether oxygens (including phenoxy) is 1. The molecule has 10 nitrogen and oxygen atoms in total. The van der Waals surface area contributed by atoms with Crippen LogP contribution in [-0.2, 0) is 11.8 Å². The Morgan fingerprint density at radius 1 is 0.861 bits per heavy atom. The normalized spacial score (nSPS) is 24.2. The number of nitrogens with zero attached hydrogens (tertiary/aromatic N) is 2. The molecule has 0 saturated carbocycles. The highest BCUT2D eigenvalue weighted by molar-refractivity contribution is 6.39. The zero-order valence-electron chi connectivity index (χ0n) is 19.0. The number of rotatable bonds is 2. The van der Waals surface area contributed by atoms with Crippen molar-refractivity contribution in [1.29, 1.82) is 0 Å². The summed E-state index contributed by atoms with van der Waals surface area (Å²) in [4.78, 5) is 32.4. The molecule has 1 saturated heterocycles. The van der Waals surface area contributed by atoms with Gasteiger partial charge in [-0.25, -0.2) is 0 Å². The van der Waals surface area contributed by atoms with E-state index in [1.165, 1.54) is 4.73 Å². The average molecular weight is 487 g/mol. The van der Waals surface area contributed by atoms with Crippen molar-refractivity contribution in [3.8, 4) is 0 Å². The minimum atomic E-state index is -1.52. The van der Waals surface area contributed by atoms with Crippen molar-refractivity contribution in [3.63, 3.8) is 0 Å². The quantitative estimate of drug-likeness (QED) is 0.275. The lowest BCUT2D eigenvalue weighted by Crippen LogP contribution is -2.56. The summed E-state index contributed by atoms with van der Waals surface area (Å²) in [6.45, 7) is -0.226. The number of benzene rings is 3. The molecule has 0 aliphatic carbocycles.